The number of fused-ring (bicyclic) bond motifs is 1. The maximum Gasteiger partial charge on any atom is 0.227 e. The van der Waals surface area contributed by atoms with Gasteiger partial charge in [-0.25, -0.2) is 9.97 Å². The van der Waals surface area contributed by atoms with E-state index in [1.807, 2.05) is 25.7 Å². The van der Waals surface area contributed by atoms with E-state index in [9.17, 15) is 4.79 Å². The van der Waals surface area contributed by atoms with Crippen LogP contribution in [-0.4, -0.2) is 39.9 Å². The number of likely N-dealkylation sites (tertiary alicyclic amines) is 1. The Balaban J connectivity index is 1.61. The van der Waals surface area contributed by atoms with Crippen molar-refractivity contribution in [2.75, 3.05) is 18.4 Å². The zero-order chi connectivity index (χ0) is 16.4. The third-order valence-corrected chi connectivity index (χ3v) is 4.89. The number of nitrogens with one attached hydrogen (secondary N) is 1. The van der Waals surface area contributed by atoms with E-state index in [0.717, 1.165) is 44.6 Å². The Morgan fingerprint density at radius 3 is 2.57 bits per heavy atom. The number of aryl methyl sites for hydroxylation is 1. The molecule has 5 nitrogen and oxygen atoms in total. The first-order valence-corrected chi connectivity index (χ1v) is 8.84. The first-order chi connectivity index (χ1) is 10.9. The zero-order valence-corrected chi connectivity index (χ0v) is 14.6. The van der Waals surface area contributed by atoms with Gasteiger partial charge in [0.25, 0.3) is 0 Å². The standard InChI is InChI=1S/C18H28N4O/c1-18(2,3)17(23)22-10-8-13(9-11-22)21-16-14-6-4-5-7-15(14)19-12-20-16/h12-13H,4-11H2,1-3H3,(H,19,20,21). The number of hydrogen-bond acceptors (Lipinski definition) is 4. The predicted molar refractivity (Wildman–Crippen MR) is 91.4 cm³/mol. The van der Waals surface area contributed by atoms with Crippen molar-refractivity contribution in [3.05, 3.63) is 17.6 Å². The molecule has 0 spiro atoms. The molecular weight excluding hydrogens is 288 g/mol. The average Bonchev–Trinajstić information content (AvgIpc) is 2.54. The minimum absolute atomic E-state index is 0.260. The predicted octanol–water partition coefficient (Wildman–Crippen LogP) is 2.80. The van der Waals surface area contributed by atoms with Gasteiger partial charge in [0.1, 0.15) is 12.1 Å². The van der Waals surface area contributed by atoms with Crippen molar-refractivity contribution in [3.63, 3.8) is 0 Å². The van der Waals surface area contributed by atoms with Crippen molar-refractivity contribution < 1.29 is 4.79 Å². The van der Waals surface area contributed by atoms with Gasteiger partial charge in [0.05, 0.1) is 0 Å². The molecule has 1 aromatic rings. The fourth-order valence-electron chi connectivity index (χ4n) is 3.54. The number of hydrogen-bond donors (Lipinski definition) is 1. The van der Waals surface area contributed by atoms with Crippen molar-refractivity contribution >= 4 is 11.7 Å². The number of carbonyl (C=O) groups excluding carboxylic acids is 1. The lowest BCUT2D eigenvalue weighted by Crippen LogP contribution is -2.46. The second kappa shape index (κ2) is 6.46. The highest BCUT2D eigenvalue weighted by atomic mass is 16.2. The van der Waals surface area contributed by atoms with Crippen molar-refractivity contribution in [1.29, 1.82) is 0 Å². The molecule has 0 atom stereocenters. The van der Waals surface area contributed by atoms with Crippen LogP contribution in [0.1, 0.15) is 57.7 Å². The normalized spacial score (nSPS) is 19.3. The van der Waals surface area contributed by atoms with E-state index >= 15 is 0 Å². The van der Waals surface area contributed by atoms with Crippen LogP contribution in [0.15, 0.2) is 6.33 Å². The van der Waals surface area contributed by atoms with E-state index in [1.165, 1.54) is 24.1 Å². The first-order valence-electron chi connectivity index (χ1n) is 8.84. The summed E-state index contributed by atoms with van der Waals surface area (Å²) in [5.41, 5.74) is 2.24. The molecule has 1 N–H and O–H groups in total. The molecule has 2 heterocycles. The van der Waals surface area contributed by atoms with E-state index in [4.69, 9.17) is 0 Å². The number of piperidine rings is 1. The van der Waals surface area contributed by atoms with E-state index in [1.54, 1.807) is 6.33 Å². The molecule has 5 heteroatoms. The third kappa shape index (κ3) is 3.65. The van der Waals surface area contributed by atoms with E-state index in [2.05, 4.69) is 15.3 Å². The Labute approximate surface area is 138 Å². The second-order valence-corrected chi connectivity index (χ2v) is 7.82. The number of rotatable bonds is 2. The van der Waals surface area contributed by atoms with Crippen molar-refractivity contribution in [3.8, 4) is 0 Å². The molecule has 3 rings (SSSR count). The number of anilines is 1. The molecule has 1 aliphatic heterocycles. The minimum Gasteiger partial charge on any atom is -0.367 e. The average molecular weight is 316 g/mol. The molecule has 0 aromatic carbocycles. The quantitative estimate of drug-likeness (QED) is 0.911. The van der Waals surface area contributed by atoms with Crippen LogP contribution in [0.3, 0.4) is 0 Å². The Kier molecular flexibility index (Phi) is 4.55. The van der Waals surface area contributed by atoms with Gasteiger partial charge in [-0.1, -0.05) is 20.8 Å². The summed E-state index contributed by atoms with van der Waals surface area (Å²) < 4.78 is 0. The van der Waals surface area contributed by atoms with Gasteiger partial charge in [-0.3, -0.25) is 4.79 Å². The van der Waals surface area contributed by atoms with Gasteiger partial charge >= 0.3 is 0 Å². The van der Waals surface area contributed by atoms with Crippen molar-refractivity contribution in [1.82, 2.24) is 14.9 Å². The number of nitrogens with zero attached hydrogens (tertiary/aromatic N) is 3. The van der Waals surface area contributed by atoms with Gasteiger partial charge < -0.3 is 10.2 Å². The summed E-state index contributed by atoms with van der Waals surface area (Å²) in [4.78, 5) is 23.3. The summed E-state index contributed by atoms with van der Waals surface area (Å²) in [6.07, 6.45) is 8.28. The van der Waals surface area contributed by atoms with E-state index in [0.29, 0.717) is 6.04 Å². The Morgan fingerprint density at radius 1 is 1.17 bits per heavy atom. The van der Waals surface area contributed by atoms with Gasteiger partial charge in [0.15, 0.2) is 0 Å². The monoisotopic (exact) mass is 316 g/mol. The minimum atomic E-state index is -0.286. The first kappa shape index (κ1) is 16.2. The maximum absolute atomic E-state index is 12.4. The molecule has 0 bridgehead atoms. The van der Waals surface area contributed by atoms with Gasteiger partial charge in [0, 0.05) is 35.8 Å². The summed E-state index contributed by atoms with van der Waals surface area (Å²) in [5.74, 6) is 1.28. The van der Waals surface area contributed by atoms with E-state index in [-0.39, 0.29) is 11.3 Å². The van der Waals surface area contributed by atoms with Crippen LogP contribution in [0.5, 0.6) is 0 Å². The highest BCUT2D eigenvalue weighted by molar-refractivity contribution is 5.81. The van der Waals surface area contributed by atoms with Gasteiger partial charge in [-0.2, -0.15) is 0 Å². The van der Waals surface area contributed by atoms with Crippen molar-refractivity contribution in [2.24, 2.45) is 5.41 Å². The molecule has 1 aliphatic carbocycles. The molecule has 1 fully saturated rings. The highest BCUT2D eigenvalue weighted by Crippen LogP contribution is 2.27. The molecule has 0 saturated carbocycles. The summed E-state index contributed by atoms with van der Waals surface area (Å²) in [6, 6.07) is 0.403. The fraction of sp³-hybridized carbons (Fsp3) is 0.722. The number of amides is 1. The van der Waals surface area contributed by atoms with E-state index < -0.39 is 0 Å². The van der Waals surface area contributed by atoms with Gasteiger partial charge in [-0.05, 0) is 38.5 Å². The smallest absolute Gasteiger partial charge is 0.227 e. The largest absolute Gasteiger partial charge is 0.367 e. The fourth-order valence-corrected chi connectivity index (χ4v) is 3.54. The number of aromatic nitrogens is 2. The Bertz CT molecular complexity index is 571. The number of carbonyl (C=O) groups is 1. The zero-order valence-electron chi connectivity index (χ0n) is 14.6. The second-order valence-electron chi connectivity index (χ2n) is 7.82. The maximum atomic E-state index is 12.4. The van der Waals surface area contributed by atoms with Crippen LogP contribution in [0.25, 0.3) is 0 Å². The van der Waals surface area contributed by atoms with Crippen LogP contribution in [0.2, 0.25) is 0 Å². The highest BCUT2D eigenvalue weighted by Gasteiger charge is 2.30. The van der Waals surface area contributed by atoms with Gasteiger partial charge in [-0.15, -0.1) is 0 Å². The van der Waals surface area contributed by atoms with Crippen molar-refractivity contribution in [2.45, 2.75) is 65.3 Å². The molecule has 126 valence electrons. The third-order valence-electron chi connectivity index (χ3n) is 4.89. The van der Waals surface area contributed by atoms with Crippen LogP contribution < -0.4 is 5.32 Å². The Hall–Kier alpha value is -1.65. The molecule has 1 amide bonds. The molecule has 0 radical (unpaired) electrons. The van der Waals surface area contributed by atoms with Crippen LogP contribution >= 0.6 is 0 Å². The summed E-state index contributed by atoms with van der Waals surface area (Å²) >= 11 is 0. The van der Waals surface area contributed by atoms with Crippen LogP contribution in [0.4, 0.5) is 5.82 Å². The molecule has 0 unspecified atom stereocenters. The summed E-state index contributed by atoms with van der Waals surface area (Å²) in [5, 5.41) is 3.62. The molecule has 23 heavy (non-hydrogen) atoms. The molecule has 2 aliphatic rings. The lowest BCUT2D eigenvalue weighted by atomic mass is 9.92. The van der Waals surface area contributed by atoms with Crippen LogP contribution in [0, 0.1) is 5.41 Å². The van der Waals surface area contributed by atoms with Crippen LogP contribution in [-0.2, 0) is 17.6 Å². The lowest BCUT2D eigenvalue weighted by molar-refractivity contribution is -0.140. The van der Waals surface area contributed by atoms with Gasteiger partial charge in [0.2, 0.25) is 5.91 Å². The Morgan fingerprint density at radius 2 is 1.87 bits per heavy atom. The molecule has 1 saturated heterocycles. The molecular formula is C18H28N4O. The topological polar surface area (TPSA) is 58.1 Å². The summed E-state index contributed by atoms with van der Waals surface area (Å²) in [6.45, 7) is 7.65. The summed E-state index contributed by atoms with van der Waals surface area (Å²) in [7, 11) is 0. The molecule has 1 aromatic heterocycles. The lowest BCUT2D eigenvalue weighted by Gasteiger charge is -2.36. The SMILES string of the molecule is CC(C)(C)C(=O)N1CCC(Nc2ncnc3c2CCCC3)CC1.